The Labute approximate surface area is 130 Å². The van der Waals surface area contributed by atoms with Crippen molar-refractivity contribution in [1.82, 2.24) is 0 Å². The van der Waals surface area contributed by atoms with Crippen molar-refractivity contribution in [1.29, 1.82) is 0 Å². The summed E-state index contributed by atoms with van der Waals surface area (Å²) < 4.78 is 25.1. The molecule has 0 saturated carbocycles. The minimum absolute atomic E-state index is 0.207. The number of thiophene rings is 1. The minimum Gasteiger partial charge on any atom is -0.377 e. The van der Waals surface area contributed by atoms with E-state index in [2.05, 4.69) is 35.3 Å². The maximum Gasteiger partial charge on any atom is 0.229 e. The van der Waals surface area contributed by atoms with Crippen LogP contribution in [-0.4, -0.2) is 14.7 Å². The van der Waals surface area contributed by atoms with Gasteiger partial charge in [0.05, 0.1) is 18.0 Å². The van der Waals surface area contributed by atoms with E-state index in [9.17, 15) is 8.42 Å². The highest BCUT2D eigenvalue weighted by Crippen LogP contribution is 2.30. The highest BCUT2D eigenvalue weighted by molar-refractivity contribution is 7.92. The first-order valence-corrected chi connectivity index (χ1v) is 9.50. The molecule has 0 aliphatic rings. The molecule has 21 heavy (non-hydrogen) atoms. The van der Waals surface area contributed by atoms with Crippen LogP contribution in [0.4, 0.5) is 11.4 Å². The normalized spacial score (nSPS) is 13.1. The summed E-state index contributed by atoms with van der Waals surface area (Å²) in [5, 5.41) is 5.55. The monoisotopic (exact) mass is 324 g/mol. The third-order valence-electron chi connectivity index (χ3n) is 3.00. The van der Waals surface area contributed by atoms with Gasteiger partial charge in [0.2, 0.25) is 10.0 Å². The van der Waals surface area contributed by atoms with Crippen molar-refractivity contribution in [2.75, 3.05) is 16.3 Å². The molecule has 1 aromatic heterocycles. The summed E-state index contributed by atoms with van der Waals surface area (Å²) in [6.45, 7) is 4.33. The predicted octanol–water partition coefficient (Wildman–Crippen LogP) is 3.93. The molecule has 0 saturated heterocycles. The van der Waals surface area contributed by atoms with Crippen molar-refractivity contribution in [2.45, 2.75) is 19.9 Å². The van der Waals surface area contributed by atoms with Gasteiger partial charge < -0.3 is 5.32 Å². The fraction of sp³-hybridized carbons (Fsp3) is 0.333. The van der Waals surface area contributed by atoms with Gasteiger partial charge in [-0.25, -0.2) is 8.42 Å². The topological polar surface area (TPSA) is 58.2 Å². The Morgan fingerprint density at radius 3 is 2.38 bits per heavy atom. The Bertz CT molecular complexity index is 679. The molecule has 6 heteroatoms. The highest BCUT2D eigenvalue weighted by atomic mass is 32.2. The number of sulfonamides is 1. The molecule has 0 fully saturated rings. The lowest BCUT2D eigenvalue weighted by Gasteiger charge is -2.23. The molecule has 0 bridgehead atoms. The van der Waals surface area contributed by atoms with Crippen LogP contribution in [0.1, 0.15) is 24.8 Å². The van der Waals surface area contributed by atoms with Crippen molar-refractivity contribution in [3.8, 4) is 0 Å². The lowest BCUT2D eigenvalue weighted by Crippen LogP contribution is -2.16. The molecule has 0 spiro atoms. The number of hydrogen-bond acceptors (Lipinski definition) is 4. The SMILES string of the molecule is CC(C)C(Nc1cccc(NS(C)(=O)=O)c1)c1cccs1. The number of nitrogens with one attached hydrogen (secondary N) is 2. The van der Waals surface area contributed by atoms with E-state index in [-0.39, 0.29) is 6.04 Å². The summed E-state index contributed by atoms with van der Waals surface area (Å²) in [7, 11) is -3.26. The van der Waals surface area contributed by atoms with Crippen molar-refractivity contribution >= 4 is 32.7 Å². The molecule has 1 atom stereocenters. The molecule has 0 radical (unpaired) electrons. The molecule has 1 aromatic carbocycles. The van der Waals surface area contributed by atoms with Crippen LogP contribution in [0.3, 0.4) is 0 Å². The second-order valence-corrected chi connectivity index (χ2v) is 8.06. The van der Waals surface area contributed by atoms with E-state index in [4.69, 9.17) is 0 Å². The number of benzene rings is 1. The van der Waals surface area contributed by atoms with Gasteiger partial charge in [0.15, 0.2) is 0 Å². The zero-order valence-electron chi connectivity index (χ0n) is 12.3. The van der Waals surface area contributed by atoms with Crippen LogP contribution in [-0.2, 0) is 10.0 Å². The highest BCUT2D eigenvalue weighted by Gasteiger charge is 2.16. The Morgan fingerprint density at radius 1 is 1.10 bits per heavy atom. The lowest BCUT2D eigenvalue weighted by molar-refractivity contribution is 0.554. The fourth-order valence-electron chi connectivity index (χ4n) is 2.10. The van der Waals surface area contributed by atoms with Crippen LogP contribution in [0, 0.1) is 5.92 Å². The number of rotatable bonds is 6. The first-order chi connectivity index (χ1) is 9.85. The van der Waals surface area contributed by atoms with Gasteiger partial charge in [0.1, 0.15) is 0 Å². The molecule has 114 valence electrons. The third-order valence-corrected chi connectivity index (χ3v) is 4.57. The van der Waals surface area contributed by atoms with E-state index < -0.39 is 10.0 Å². The smallest absolute Gasteiger partial charge is 0.229 e. The summed E-state index contributed by atoms with van der Waals surface area (Å²) >= 11 is 1.72. The molecular weight excluding hydrogens is 304 g/mol. The molecule has 0 amide bonds. The predicted molar refractivity (Wildman–Crippen MR) is 90.4 cm³/mol. The van der Waals surface area contributed by atoms with Crippen LogP contribution in [0.5, 0.6) is 0 Å². The lowest BCUT2D eigenvalue weighted by atomic mass is 10.0. The van der Waals surface area contributed by atoms with Gasteiger partial charge >= 0.3 is 0 Å². The average molecular weight is 324 g/mol. The minimum atomic E-state index is -3.26. The molecule has 2 aromatic rings. The van der Waals surface area contributed by atoms with Gasteiger partial charge in [-0.1, -0.05) is 26.0 Å². The molecule has 0 aliphatic heterocycles. The van der Waals surface area contributed by atoms with Crippen molar-refractivity contribution in [3.63, 3.8) is 0 Å². The quantitative estimate of drug-likeness (QED) is 0.846. The van der Waals surface area contributed by atoms with Gasteiger partial charge in [-0.05, 0) is 35.6 Å². The van der Waals surface area contributed by atoms with Crippen LogP contribution in [0.2, 0.25) is 0 Å². The van der Waals surface area contributed by atoms with Gasteiger partial charge in [0, 0.05) is 10.6 Å². The van der Waals surface area contributed by atoms with Gasteiger partial charge in [-0.2, -0.15) is 0 Å². The third kappa shape index (κ3) is 4.75. The molecule has 2 rings (SSSR count). The van der Waals surface area contributed by atoms with E-state index >= 15 is 0 Å². The van der Waals surface area contributed by atoms with E-state index in [1.54, 1.807) is 17.4 Å². The van der Waals surface area contributed by atoms with Crippen LogP contribution in [0.15, 0.2) is 41.8 Å². The average Bonchev–Trinajstić information content (AvgIpc) is 2.87. The van der Waals surface area contributed by atoms with E-state index in [1.807, 2.05) is 24.3 Å². The molecule has 0 aliphatic carbocycles. The van der Waals surface area contributed by atoms with Gasteiger partial charge in [-0.3, -0.25) is 4.72 Å². The molecule has 1 heterocycles. The summed E-state index contributed by atoms with van der Waals surface area (Å²) in [5.74, 6) is 0.426. The van der Waals surface area contributed by atoms with E-state index in [1.165, 1.54) is 4.88 Å². The molecule has 2 N–H and O–H groups in total. The fourth-order valence-corrected chi connectivity index (χ4v) is 3.60. The van der Waals surface area contributed by atoms with E-state index in [0.29, 0.717) is 11.6 Å². The number of anilines is 2. The summed E-state index contributed by atoms with van der Waals surface area (Å²) in [6, 6.07) is 11.7. The number of hydrogen-bond donors (Lipinski definition) is 2. The van der Waals surface area contributed by atoms with Crippen LogP contribution < -0.4 is 10.0 Å². The summed E-state index contributed by atoms with van der Waals surface area (Å²) in [5.41, 5.74) is 1.46. The van der Waals surface area contributed by atoms with Crippen LogP contribution in [0.25, 0.3) is 0 Å². The second kappa shape index (κ2) is 6.49. The van der Waals surface area contributed by atoms with Gasteiger partial charge in [0.25, 0.3) is 0 Å². The summed E-state index contributed by atoms with van der Waals surface area (Å²) in [6.07, 6.45) is 1.15. The van der Waals surface area contributed by atoms with Gasteiger partial charge in [-0.15, -0.1) is 11.3 Å². The zero-order valence-corrected chi connectivity index (χ0v) is 14.0. The van der Waals surface area contributed by atoms with Crippen molar-refractivity contribution < 1.29 is 8.42 Å². The Balaban J connectivity index is 2.20. The Hall–Kier alpha value is -1.53. The largest absolute Gasteiger partial charge is 0.377 e. The summed E-state index contributed by atoms with van der Waals surface area (Å²) in [4.78, 5) is 1.27. The Morgan fingerprint density at radius 2 is 1.81 bits per heavy atom. The van der Waals surface area contributed by atoms with E-state index in [0.717, 1.165) is 11.9 Å². The molecular formula is C15H20N2O2S2. The standard InChI is InChI=1S/C15H20N2O2S2/c1-11(2)15(14-8-5-9-20-14)16-12-6-4-7-13(10-12)17-21(3,18)19/h4-11,15-17H,1-3H3. The maximum atomic E-state index is 11.3. The van der Waals surface area contributed by atoms with Crippen molar-refractivity contribution in [2.24, 2.45) is 5.92 Å². The zero-order chi connectivity index (χ0) is 15.5. The molecule has 1 unspecified atom stereocenters. The first-order valence-electron chi connectivity index (χ1n) is 6.73. The first kappa shape index (κ1) is 15.9. The second-order valence-electron chi connectivity index (χ2n) is 5.34. The van der Waals surface area contributed by atoms with Crippen molar-refractivity contribution in [3.05, 3.63) is 46.7 Å². The molecule has 4 nitrogen and oxygen atoms in total. The Kier molecular flexibility index (Phi) is 4.90. The maximum absolute atomic E-state index is 11.3. The van der Waals surface area contributed by atoms with Crippen LogP contribution >= 0.6 is 11.3 Å².